The monoisotopic (exact) mass is 471 g/mol. The highest BCUT2D eigenvalue weighted by atomic mass is 32.2. The molecule has 0 aliphatic carbocycles. The van der Waals surface area contributed by atoms with Crippen molar-refractivity contribution in [2.45, 2.75) is 18.7 Å². The molecule has 0 saturated carbocycles. The lowest BCUT2D eigenvalue weighted by Crippen LogP contribution is -2.50. The third-order valence-electron chi connectivity index (χ3n) is 5.29. The number of piperazine rings is 1. The van der Waals surface area contributed by atoms with Crippen LogP contribution in [-0.4, -0.2) is 66.5 Å². The maximum Gasteiger partial charge on any atom is 0.243 e. The molecule has 8 nitrogen and oxygen atoms in total. The van der Waals surface area contributed by atoms with Crippen molar-refractivity contribution >= 4 is 32.4 Å². The average molecular weight is 472 g/mol. The van der Waals surface area contributed by atoms with Gasteiger partial charge in [0, 0.05) is 31.7 Å². The van der Waals surface area contributed by atoms with Gasteiger partial charge in [-0.15, -0.1) is 10.2 Å². The highest BCUT2D eigenvalue weighted by molar-refractivity contribution is 7.89. The van der Waals surface area contributed by atoms with Crippen molar-refractivity contribution in [1.82, 2.24) is 19.4 Å². The van der Waals surface area contributed by atoms with Crippen LogP contribution in [0.25, 0.3) is 10.6 Å². The molecule has 3 aromatic rings. The summed E-state index contributed by atoms with van der Waals surface area (Å²) in [5.74, 6) is -0.188. The van der Waals surface area contributed by atoms with Gasteiger partial charge in [-0.05, 0) is 32.0 Å². The van der Waals surface area contributed by atoms with Crippen LogP contribution in [0.2, 0.25) is 0 Å². The zero-order valence-electron chi connectivity index (χ0n) is 18.0. The van der Waals surface area contributed by atoms with Crippen LogP contribution in [0, 0.1) is 13.8 Å². The van der Waals surface area contributed by atoms with Gasteiger partial charge in [-0.2, -0.15) is 4.31 Å². The first-order chi connectivity index (χ1) is 15.3. The number of benzene rings is 2. The molecule has 1 fully saturated rings. The van der Waals surface area contributed by atoms with Gasteiger partial charge < -0.3 is 0 Å². The molecular formula is C22H25N5O3S2. The molecule has 1 aliphatic heterocycles. The molecule has 0 spiro atoms. The Labute approximate surface area is 191 Å². The third-order valence-corrected chi connectivity index (χ3v) is 8.09. The van der Waals surface area contributed by atoms with Crippen LogP contribution in [0.5, 0.6) is 0 Å². The number of anilines is 1. The minimum absolute atomic E-state index is 0.178. The Hall–Kier alpha value is -2.66. The van der Waals surface area contributed by atoms with E-state index in [1.165, 1.54) is 15.6 Å². The number of sulfonamides is 1. The molecule has 1 amide bonds. The largest absolute Gasteiger partial charge is 0.299 e. The average Bonchev–Trinajstić information content (AvgIpc) is 3.23. The van der Waals surface area contributed by atoms with Crippen LogP contribution in [0.1, 0.15) is 11.1 Å². The van der Waals surface area contributed by atoms with Crippen molar-refractivity contribution < 1.29 is 13.2 Å². The first kappa shape index (κ1) is 22.5. The zero-order chi connectivity index (χ0) is 22.7. The fraction of sp³-hybridized carbons (Fsp3) is 0.318. The normalized spacial score (nSPS) is 15.6. The Morgan fingerprint density at radius 3 is 2.41 bits per heavy atom. The molecule has 2 aromatic carbocycles. The topological polar surface area (TPSA) is 95.5 Å². The standard InChI is InChI=1S/C22H25N5O3S2/c1-16-6-8-19(9-7-16)32(29,30)27-12-10-26(11-13-27)15-20(28)23-22-25-24-21(31-22)18-5-3-4-17(2)14-18/h3-9,14H,10-13,15H2,1-2H3,(H,23,25,28). The predicted octanol–water partition coefficient (Wildman–Crippen LogP) is 2.77. The van der Waals surface area contributed by atoms with Crippen molar-refractivity contribution in [3.8, 4) is 10.6 Å². The van der Waals surface area contributed by atoms with Gasteiger partial charge in [0.2, 0.25) is 21.1 Å². The second kappa shape index (κ2) is 9.45. The van der Waals surface area contributed by atoms with Crippen LogP contribution >= 0.6 is 11.3 Å². The highest BCUT2D eigenvalue weighted by Crippen LogP contribution is 2.26. The number of nitrogens with zero attached hydrogens (tertiary/aromatic N) is 4. The maximum atomic E-state index is 12.8. The lowest BCUT2D eigenvalue weighted by Gasteiger charge is -2.33. The van der Waals surface area contributed by atoms with Crippen molar-refractivity contribution in [1.29, 1.82) is 0 Å². The molecule has 168 valence electrons. The van der Waals surface area contributed by atoms with Crippen LogP contribution in [0.3, 0.4) is 0 Å². The summed E-state index contributed by atoms with van der Waals surface area (Å²) in [7, 11) is -3.52. The molecule has 0 radical (unpaired) electrons. The number of amides is 1. The van der Waals surface area contributed by atoms with E-state index in [1.54, 1.807) is 24.3 Å². The Morgan fingerprint density at radius 2 is 1.72 bits per heavy atom. The molecule has 0 unspecified atom stereocenters. The van der Waals surface area contributed by atoms with E-state index in [9.17, 15) is 13.2 Å². The Morgan fingerprint density at radius 1 is 1.00 bits per heavy atom. The summed E-state index contributed by atoms with van der Waals surface area (Å²) in [4.78, 5) is 14.7. The quantitative estimate of drug-likeness (QED) is 0.594. The van der Waals surface area contributed by atoms with E-state index in [-0.39, 0.29) is 12.5 Å². The summed E-state index contributed by atoms with van der Waals surface area (Å²) >= 11 is 1.33. The van der Waals surface area contributed by atoms with Crippen molar-refractivity contribution in [2.75, 3.05) is 38.0 Å². The summed E-state index contributed by atoms with van der Waals surface area (Å²) in [6.45, 7) is 5.79. The number of carbonyl (C=O) groups excluding carboxylic acids is 1. The number of rotatable bonds is 6. The molecular weight excluding hydrogens is 446 g/mol. The molecule has 10 heteroatoms. The summed E-state index contributed by atoms with van der Waals surface area (Å²) in [6, 6.07) is 14.8. The number of aryl methyl sites for hydroxylation is 2. The first-order valence-electron chi connectivity index (χ1n) is 10.3. The second-order valence-electron chi connectivity index (χ2n) is 7.82. The Balaban J connectivity index is 1.30. The number of hydrogen-bond acceptors (Lipinski definition) is 7. The lowest BCUT2D eigenvalue weighted by molar-refractivity contribution is -0.117. The van der Waals surface area contributed by atoms with E-state index in [4.69, 9.17) is 0 Å². The molecule has 1 saturated heterocycles. The SMILES string of the molecule is Cc1ccc(S(=O)(=O)N2CCN(CC(=O)Nc3nnc(-c4cccc(C)c4)s3)CC2)cc1. The van der Waals surface area contributed by atoms with Gasteiger partial charge in [-0.3, -0.25) is 15.0 Å². The zero-order valence-corrected chi connectivity index (χ0v) is 19.6. The molecule has 0 bridgehead atoms. The summed E-state index contributed by atoms with van der Waals surface area (Å²) < 4.78 is 27.1. The number of hydrogen-bond donors (Lipinski definition) is 1. The van der Waals surface area contributed by atoms with Crippen LogP contribution in [-0.2, 0) is 14.8 Å². The molecule has 1 N–H and O–H groups in total. The van der Waals surface area contributed by atoms with E-state index in [0.717, 1.165) is 21.7 Å². The lowest BCUT2D eigenvalue weighted by atomic mass is 10.1. The van der Waals surface area contributed by atoms with E-state index < -0.39 is 10.0 Å². The molecule has 2 heterocycles. The maximum absolute atomic E-state index is 12.8. The van der Waals surface area contributed by atoms with E-state index in [1.807, 2.05) is 43.0 Å². The molecule has 1 aromatic heterocycles. The number of nitrogens with one attached hydrogen (secondary N) is 1. The van der Waals surface area contributed by atoms with Crippen molar-refractivity contribution in [3.63, 3.8) is 0 Å². The van der Waals surface area contributed by atoms with E-state index in [0.29, 0.717) is 36.2 Å². The molecule has 1 aliphatic rings. The Kier molecular flexibility index (Phi) is 6.66. The second-order valence-corrected chi connectivity index (χ2v) is 10.7. The van der Waals surface area contributed by atoms with Gasteiger partial charge in [0.05, 0.1) is 11.4 Å². The predicted molar refractivity (Wildman–Crippen MR) is 125 cm³/mol. The van der Waals surface area contributed by atoms with E-state index in [2.05, 4.69) is 15.5 Å². The third kappa shape index (κ3) is 5.21. The highest BCUT2D eigenvalue weighted by Gasteiger charge is 2.29. The van der Waals surface area contributed by atoms with Gasteiger partial charge >= 0.3 is 0 Å². The van der Waals surface area contributed by atoms with E-state index >= 15 is 0 Å². The summed E-state index contributed by atoms with van der Waals surface area (Å²) in [6.07, 6.45) is 0. The number of aromatic nitrogens is 2. The molecule has 4 rings (SSSR count). The van der Waals surface area contributed by atoms with Crippen LogP contribution in [0.15, 0.2) is 53.4 Å². The Bertz CT molecular complexity index is 1200. The van der Waals surface area contributed by atoms with Gasteiger partial charge in [-0.25, -0.2) is 8.42 Å². The van der Waals surface area contributed by atoms with Gasteiger partial charge in [0.1, 0.15) is 5.01 Å². The van der Waals surface area contributed by atoms with Crippen molar-refractivity contribution in [3.05, 3.63) is 59.7 Å². The first-order valence-corrected chi connectivity index (χ1v) is 12.6. The van der Waals surface area contributed by atoms with Gasteiger partial charge in [-0.1, -0.05) is 52.8 Å². The molecule has 0 atom stereocenters. The molecule has 32 heavy (non-hydrogen) atoms. The van der Waals surface area contributed by atoms with Gasteiger partial charge in [0.15, 0.2) is 0 Å². The fourth-order valence-corrected chi connectivity index (χ4v) is 5.70. The number of carbonyl (C=O) groups is 1. The van der Waals surface area contributed by atoms with Crippen LogP contribution in [0.4, 0.5) is 5.13 Å². The van der Waals surface area contributed by atoms with Gasteiger partial charge in [0.25, 0.3) is 0 Å². The van der Waals surface area contributed by atoms with Crippen LogP contribution < -0.4 is 5.32 Å². The minimum atomic E-state index is -3.52. The summed E-state index contributed by atoms with van der Waals surface area (Å²) in [5.41, 5.74) is 3.11. The summed E-state index contributed by atoms with van der Waals surface area (Å²) in [5, 5.41) is 12.2. The fourth-order valence-electron chi connectivity index (χ4n) is 3.52. The van der Waals surface area contributed by atoms with Crippen molar-refractivity contribution in [2.24, 2.45) is 0 Å². The minimum Gasteiger partial charge on any atom is -0.299 e. The smallest absolute Gasteiger partial charge is 0.243 e.